The summed E-state index contributed by atoms with van der Waals surface area (Å²) in [5, 5.41) is 1.24. The van der Waals surface area contributed by atoms with Gasteiger partial charge in [0.05, 0.1) is 18.5 Å². The maximum atomic E-state index is 11.9. The van der Waals surface area contributed by atoms with Crippen molar-refractivity contribution in [3.63, 3.8) is 0 Å². The molecular weight excluding hydrogens is 274 g/mol. The lowest BCUT2D eigenvalue weighted by Crippen LogP contribution is -2.17. The predicted molar refractivity (Wildman–Crippen MR) is 86.2 cm³/mol. The number of hydrogen-bond donors (Lipinski definition) is 0. The zero-order valence-corrected chi connectivity index (χ0v) is 12.5. The van der Waals surface area contributed by atoms with Crippen molar-refractivity contribution in [2.24, 2.45) is 5.92 Å². The molecule has 1 aliphatic rings. The molecule has 0 bridgehead atoms. The minimum atomic E-state index is -0.111. The number of fused-ring (bicyclic) bond motifs is 3. The van der Waals surface area contributed by atoms with Gasteiger partial charge in [0.25, 0.3) is 0 Å². The van der Waals surface area contributed by atoms with Crippen molar-refractivity contribution in [3.8, 4) is 5.69 Å². The highest BCUT2D eigenvalue weighted by molar-refractivity contribution is 5.89. The van der Waals surface area contributed by atoms with Crippen LogP contribution in [0.5, 0.6) is 0 Å². The highest BCUT2D eigenvalue weighted by Gasteiger charge is 2.33. The van der Waals surface area contributed by atoms with Crippen LogP contribution in [0, 0.1) is 5.92 Å². The molecule has 4 rings (SSSR count). The van der Waals surface area contributed by atoms with Gasteiger partial charge in [0, 0.05) is 23.2 Å². The summed E-state index contributed by atoms with van der Waals surface area (Å²) in [6, 6.07) is 18.7. The van der Waals surface area contributed by atoms with Gasteiger partial charge in [0.1, 0.15) is 0 Å². The Kier molecular flexibility index (Phi) is 3.00. The second-order valence-corrected chi connectivity index (χ2v) is 5.74. The Hall–Kier alpha value is -2.55. The predicted octanol–water partition coefficient (Wildman–Crippen LogP) is 3.52. The summed E-state index contributed by atoms with van der Waals surface area (Å²) in [6.45, 7) is 0. The molecule has 0 saturated carbocycles. The quantitative estimate of drug-likeness (QED) is 0.676. The largest absolute Gasteiger partial charge is 0.469 e. The summed E-state index contributed by atoms with van der Waals surface area (Å²) in [6.07, 6.45) is 1.51. The molecule has 1 aromatic heterocycles. The van der Waals surface area contributed by atoms with Crippen molar-refractivity contribution in [2.75, 3.05) is 7.11 Å². The van der Waals surface area contributed by atoms with E-state index < -0.39 is 0 Å². The van der Waals surface area contributed by atoms with E-state index in [9.17, 15) is 4.79 Å². The maximum absolute atomic E-state index is 11.9. The molecule has 0 saturated heterocycles. The van der Waals surface area contributed by atoms with Crippen LogP contribution in [-0.4, -0.2) is 17.6 Å². The number of benzene rings is 2. The number of rotatable bonds is 2. The van der Waals surface area contributed by atoms with Crippen LogP contribution >= 0.6 is 0 Å². The van der Waals surface area contributed by atoms with Gasteiger partial charge in [0.15, 0.2) is 0 Å². The molecule has 0 fully saturated rings. The van der Waals surface area contributed by atoms with E-state index in [4.69, 9.17) is 4.74 Å². The Labute approximate surface area is 129 Å². The first-order chi connectivity index (χ1) is 10.8. The zero-order chi connectivity index (χ0) is 15.1. The molecule has 0 spiro atoms. The summed E-state index contributed by atoms with van der Waals surface area (Å²) in [7, 11) is 1.47. The molecule has 0 radical (unpaired) electrons. The molecule has 22 heavy (non-hydrogen) atoms. The fourth-order valence-corrected chi connectivity index (χ4v) is 3.56. The van der Waals surface area contributed by atoms with E-state index in [1.165, 1.54) is 29.3 Å². The normalized spacial score (nSPS) is 16.7. The van der Waals surface area contributed by atoms with E-state index in [0.717, 1.165) is 18.5 Å². The molecule has 3 nitrogen and oxygen atoms in total. The van der Waals surface area contributed by atoms with E-state index in [1.54, 1.807) is 0 Å². The summed E-state index contributed by atoms with van der Waals surface area (Å²) in [4.78, 5) is 11.9. The zero-order valence-electron chi connectivity index (χ0n) is 12.5. The first-order valence-electron chi connectivity index (χ1n) is 7.54. The summed E-state index contributed by atoms with van der Waals surface area (Å²) in [5.41, 5.74) is 4.88. The molecular formula is C19H17NO2. The number of carbonyl (C=O) groups is 1. The van der Waals surface area contributed by atoms with Crippen LogP contribution < -0.4 is 0 Å². The molecule has 3 heteroatoms. The van der Waals surface area contributed by atoms with Gasteiger partial charge >= 0.3 is 5.97 Å². The molecule has 1 heterocycles. The highest BCUT2D eigenvalue weighted by atomic mass is 16.5. The summed E-state index contributed by atoms with van der Waals surface area (Å²) >= 11 is 0. The van der Waals surface area contributed by atoms with Crippen LogP contribution in [0.1, 0.15) is 11.3 Å². The third kappa shape index (κ3) is 1.86. The van der Waals surface area contributed by atoms with Crippen LogP contribution in [0.15, 0.2) is 54.6 Å². The number of aromatic nitrogens is 1. The Morgan fingerprint density at radius 2 is 1.77 bits per heavy atom. The molecule has 0 unspecified atom stereocenters. The minimum absolute atomic E-state index is 0.0606. The lowest BCUT2D eigenvalue weighted by atomic mass is 10.1. The van der Waals surface area contributed by atoms with Crippen molar-refractivity contribution >= 4 is 16.9 Å². The second-order valence-electron chi connectivity index (χ2n) is 5.74. The average Bonchev–Trinajstić information content (AvgIpc) is 3.12. The number of esters is 1. The number of hydrogen-bond acceptors (Lipinski definition) is 2. The van der Waals surface area contributed by atoms with Crippen LogP contribution in [0.2, 0.25) is 0 Å². The van der Waals surface area contributed by atoms with Crippen molar-refractivity contribution in [3.05, 3.63) is 65.9 Å². The fraction of sp³-hybridized carbons (Fsp3) is 0.211. The van der Waals surface area contributed by atoms with E-state index in [2.05, 4.69) is 41.0 Å². The number of nitrogens with zero attached hydrogens (tertiary/aromatic N) is 1. The highest BCUT2D eigenvalue weighted by Crippen LogP contribution is 2.37. The first-order valence-corrected chi connectivity index (χ1v) is 7.54. The molecule has 2 aromatic carbocycles. The number of ether oxygens (including phenoxy) is 1. The maximum Gasteiger partial charge on any atom is 0.309 e. The van der Waals surface area contributed by atoms with Crippen molar-refractivity contribution < 1.29 is 9.53 Å². The topological polar surface area (TPSA) is 31.2 Å². The second kappa shape index (κ2) is 5.02. The van der Waals surface area contributed by atoms with Crippen LogP contribution in [0.25, 0.3) is 16.6 Å². The third-order valence-electron chi connectivity index (χ3n) is 4.53. The molecule has 1 atom stereocenters. The smallest absolute Gasteiger partial charge is 0.309 e. The van der Waals surface area contributed by atoms with Crippen LogP contribution in [-0.2, 0) is 22.4 Å². The number of carbonyl (C=O) groups excluding carboxylic acids is 1. The van der Waals surface area contributed by atoms with Gasteiger partial charge in [-0.15, -0.1) is 0 Å². The van der Waals surface area contributed by atoms with Gasteiger partial charge < -0.3 is 9.30 Å². The fourth-order valence-electron chi connectivity index (χ4n) is 3.56. The van der Waals surface area contributed by atoms with E-state index in [1.807, 2.05) is 18.2 Å². The number of methoxy groups -OCH3 is 1. The Balaban J connectivity index is 1.93. The SMILES string of the molecule is COC(=O)[C@@H]1Cc2c(n(-c3ccccc3)c3ccccc23)C1. The Bertz CT molecular complexity index is 849. The van der Waals surface area contributed by atoms with Crippen LogP contribution in [0.4, 0.5) is 0 Å². The van der Waals surface area contributed by atoms with Gasteiger partial charge in [0.2, 0.25) is 0 Å². The van der Waals surface area contributed by atoms with Crippen LogP contribution in [0.3, 0.4) is 0 Å². The molecule has 0 amide bonds. The lowest BCUT2D eigenvalue weighted by Gasteiger charge is -2.11. The Morgan fingerprint density at radius 3 is 2.55 bits per heavy atom. The molecule has 3 aromatic rings. The minimum Gasteiger partial charge on any atom is -0.469 e. The van der Waals surface area contributed by atoms with Gasteiger partial charge in [-0.3, -0.25) is 4.79 Å². The molecule has 1 aliphatic carbocycles. The van der Waals surface area contributed by atoms with E-state index in [0.29, 0.717) is 0 Å². The van der Waals surface area contributed by atoms with Gasteiger partial charge in [-0.1, -0.05) is 36.4 Å². The average molecular weight is 291 g/mol. The summed E-state index contributed by atoms with van der Waals surface area (Å²) < 4.78 is 7.23. The monoisotopic (exact) mass is 291 g/mol. The van der Waals surface area contributed by atoms with E-state index >= 15 is 0 Å². The van der Waals surface area contributed by atoms with Crippen molar-refractivity contribution in [2.45, 2.75) is 12.8 Å². The van der Waals surface area contributed by atoms with Gasteiger partial charge in [-0.2, -0.15) is 0 Å². The molecule has 110 valence electrons. The summed E-state index contributed by atoms with van der Waals surface area (Å²) in [5.74, 6) is -0.172. The molecule has 0 N–H and O–H groups in total. The van der Waals surface area contributed by atoms with Gasteiger partial charge in [-0.05, 0) is 30.2 Å². The third-order valence-corrected chi connectivity index (χ3v) is 4.53. The van der Waals surface area contributed by atoms with E-state index in [-0.39, 0.29) is 11.9 Å². The van der Waals surface area contributed by atoms with Crippen molar-refractivity contribution in [1.82, 2.24) is 4.57 Å². The lowest BCUT2D eigenvalue weighted by molar-refractivity contribution is -0.145. The van der Waals surface area contributed by atoms with Gasteiger partial charge in [-0.25, -0.2) is 0 Å². The Morgan fingerprint density at radius 1 is 1.05 bits per heavy atom. The number of para-hydroxylation sites is 2. The van der Waals surface area contributed by atoms with Crippen molar-refractivity contribution in [1.29, 1.82) is 0 Å². The first kappa shape index (κ1) is 13.1. The standard InChI is InChI=1S/C19H17NO2/c1-22-19(21)13-11-16-15-9-5-6-10-17(15)20(18(16)12-13)14-7-3-2-4-8-14/h2-10,13H,11-12H2,1H3/t13-/m1/s1. The molecule has 0 aliphatic heterocycles.